The molecule has 0 spiro atoms. The van der Waals surface area contributed by atoms with Crippen LogP contribution in [0, 0.1) is 12.7 Å². The van der Waals surface area contributed by atoms with Crippen molar-refractivity contribution in [2.75, 3.05) is 6.54 Å². The first-order valence-electron chi connectivity index (χ1n) is 6.05. The molecule has 1 aromatic carbocycles. The number of hydrogen-bond acceptors (Lipinski definition) is 2. The van der Waals surface area contributed by atoms with Gasteiger partial charge in [0, 0.05) is 15.6 Å². The van der Waals surface area contributed by atoms with Gasteiger partial charge in [0.05, 0.1) is 0 Å². The van der Waals surface area contributed by atoms with E-state index in [0.717, 1.165) is 18.4 Å². The number of rotatable bonds is 4. The Balaban J connectivity index is 2.38. The number of benzene rings is 1. The van der Waals surface area contributed by atoms with E-state index in [1.165, 1.54) is 21.2 Å². The molecule has 0 radical (unpaired) electrons. The zero-order valence-corrected chi connectivity index (χ0v) is 11.3. The first kappa shape index (κ1) is 12.5. The van der Waals surface area contributed by atoms with Gasteiger partial charge in [0.2, 0.25) is 0 Å². The first-order chi connectivity index (χ1) is 8.13. The van der Waals surface area contributed by atoms with Gasteiger partial charge in [-0.25, -0.2) is 4.39 Å². The summed E-state index contributed by atoms with van der Waals surface area (Å²) in [5.41, 5.74) is 1.21. The van der Waals surface area contributed by atoms with Crippen molar-refractivity contribution in [3.05, 3.63) is 34.5 Å². The van der Waals surface area contributed by atoms with Crippen molar-refractivity contribution in [2.24, 2.45) is 0 Å². The summed E-state index contributed by atoms with van der Waals surface area (Å²) in [6.07, 6.45) is 1.13. The number of nitrogens with one attached hydrogen (secondary N) is 1. The van der Waals surface area contributed by atoms with Crippen LogP contribution >= 0.6 is 11.3 Å². The molecule has 17 heavy (non-hydrogen) atoms. The summed E-state index contributed by atoms with van der Waals surface area (Å²) < 4.78 is 14.4. The van der Waals surface area contributed by atoms with Crippen molar-refractivity contribution in [3.8, 4) is 0 Å². The number of halogens is 1. The van der Waals surface area contributed by atoms with E-state index in [2.05, 4.69) is 26.1 Å². The zero-order chi connectivity index (χ0) is 12.4. The van der Waals surface area contributed by atoms with Crippen LogP contribution in [-0.2, 0) is 0 Å². The molecule has 92 valence electrons. The smallest absolute Gasteiger partial charge is 0.123 e. The van der Waals surface area contributed by atoms with Gasteiger partial charge >= 0.3 is 0 Å². The van der Waals surface area contributed by atoms with Crippen molar-refractivity contribution in [2.45, 2.75) is 33.2 Å². The fourth-order valence-corrected chi connectivity index (χ4v) is 3.30. The summed E-state index contributed by atoms with van der Waals surface area (Å²) in [5.74, 6) is -0.154. The molecule has 0 amide bonds. The summed E-state index contributed by atoms with van der Waals surface area (Å²) in [6, 6.07) is 5.39. The molecule has 0 aliphatic carbocycles. The van der Waals surface area contributed by atoms with Crippen molar-refractivity contribution >= 4 is 21.4 Å². The lowest BCUT2D eigenvalue weighted by Gasteiger charge is -2.12. The summed E-state index contributed by atoms with van der Waals surface area (Å²) >= 11 is 1.76. The van der Waals surface area contributed by atoms with Crippen LogP contribution in [0.2, 0.25) is 0 Å². The number of thiophene rings is 1. The van der Waals surface area contributed by atoms with Gasteiger partial charge in [0.15, 0.2) is 0 Å². The highest BCUT2D eigenvalue weighted by Gasteiger charge is 2.14. The molecule has 3 heteroatoms. The first-order valence-corrected chi connectivity index (χ1v) is 6.87. The van der Waals surface area contributed by atoms with E-state index in [9.17, 15) is 4.39 Å². The molecular weight excluding hydrogens is 233 g/mol. The average molecular weight is 251 g/mol. The predicted octanol–water partition coefficient (Wildman–Crippen LogP) is 4.41. The third-order valence-corrected chi connectivity index (χ3v) is 4.48. The monoisotopic (exact) mass is 251 g/mol. The number of hydrogen-bond donors (Lipinski definition) is 1. The standard InChI is InChI=1S/C14H18FNS/c1-4-7-16-10(3)14-9(2)12-8-11(15)5-6-13(12)17-14/h5-6,8,10,16H,4,7H2,1-3H3. The molecule has 0 aliphatic heterocycles. The number of aryl methyl sites for hydroxylation is 1. The molecule has 1 unspecified atom stereocenters. The lowest BCUT2D eigenvalue weighted by molar-refractivity contribution is 0.576. The highest BCUT2D eigenvalue weighted by Crippen LogP contribution is 2.34. The third kappa shape index (κ3) is 2.50. The Hall–Kier alpha value is -0.930. The lowest BCUT2D eigenvalue weighted by atomic mass is 10.1. The van der Waals surface area contributed by atoms with Gasteiger partial charge in [0.25, 0.3) is 0 Å². The molecule has 0 saturated carbocycles. The van der Waals surface area contributed by atoms with Crippen molar-refractivity contribution in [3.63, 3.8) is 0 Å². The summed E-state index contributed by atoms with van der Waals surface area (Å²) in [5, 5.41) is 4.53. The minimum Gasteiger partial charge on any atom is -0.309 e. The Morgan fingerprint density at radius 1 is 1.41 bits per heavy atom. The van der Waals surface area contributed by atoms with E-state index in [0.29, 0.717) is 6.04 Å². The lowest BCUT2D eigenvalue weighted by Crippen LogP contribution is -2.18. The molecular formula is C14H18FNS. The van der Waals surface area contributed by atoms with Gasteiger partial charge in [-0.3, -0.25) is 0 Å². The van der Waals surface area contributed by atoms with E-state index in [1.807, 2.05) is 6.07 Å². The van der Waals surface area contributed by atoms with Crippen molar-refractivity contribution in [1.29, 1.82) is 0 Å². The predicted molar refractivity (Wildman–Crippen MR) is 73.2 cm³/mol. The second-order valence-corrected chi connectivity index (χ2v) is 5.49. The second kappa shape index (κ2) is 5.15. The Morgan fingerprint density at radius 2 is 2.18 bits per heavy atom. The van der Waals surface area contributed by atoms with Crippen LogP contribution in [-0.4, -0.2) is 6.54 Å². The molecule has 1 heterocycles. The largest absolute Gasteiger partial charge is 0.309 e. The van der Waals surface area contributed by atoms with Crippen LogP contribution in [0.4, 0.5) is 4.39 Å². The summed E-state index contributed by atoms with van der Waals surface area (Å²) in [4.78, 5) is 1.32. The normalized spacial score (nSPS) is 13.2. The zero-order valence-electron chi connectivity index (χ0n) is 10.5. The van der Waals surface area contributed by atoms with Crippen LogP contribution < -0.4 is 5.32 Å². The molecule has 1 N–H and O–H groups in total. The maximum Gasteiger partial charge on any atom is 0.123 e. The highest BCUT2D eigenvalue weighted by atomic mass is 32.1. The molecule has 1 atom stereocenters. The molecule has 1 nitrogen and oxygen atoms in total. The van der Waals surface area contributed by atoms with E-state index in [-0.39, 0.29) is 5.82 Å². The Labute approximate surface area is 106 Å². The number of fused-ring (bicyclic) bond motifs is 1. The molecule has 1 aromatic heterocycles. The second-order valence-electron chi connectivity index (χ2n) is 4.41. The van der Waals surface area contributed by atoms with Crippen molar-refractivity contribution < 1.29 is 4.39 Å². The topological polar surface area (TPSA) is 12.0 Å². The SMILES string of the molecule is CCCNC(C)c1sc2ccc(F)cc2c1C. The Morgan fingerprint density at radius 3 is 2.88 bits per heavy atom. The van der Waals surface area contributed by atoms with E-state index < -0.39 is 0 Å². The molecule has 2 rings (SSSR count). The van der Waals surface area contributed by atoms with Gasteiger partial charge in [-0.2, -0.15) is 0 Å². The quantitative estimate of drug-likeness (QED) is 0.848. The fourth-order valence-electron chi connectivity index (χ4n) is 2.08. The fraction of sp³-hybridized carbons (Fsp3) is 0.429. The Bertz CT molecular complexity index is 518. The van der Waals surface area contributed by atoms with E-state index >= 15 is 0 Å². The van der Waals surface area contributed by atoms with Gasteiger partial charge < -0.3 is 5.32 Å². The van der Waals surface area contributed by atoms with Crippen molar-refractivity contribution in [1.82, 2.24) is 5.32 Å². The minimum absolute atomic E-state index is 0.154. The van der Waals surface area contributed by atoms with Crippen LogP contribution in [0.5, 0.6) is 0 Å². The molecule has 0 fully saturated rings. The Kier molecular flexibility index (Phi) is 3.79. The van der Waals surface area contributed by atoms with E-state index in [1.54, 1.807) is 17.4 Å². The van der Waals surface area contributed by atoms with Gasteiger partial charge in [-0.1, -0.05) is 6.92 Å². The van der Waals surface area contributed by atoms with Gasteiger partial charge in [-0.05, 0) is 56.0 Å². The van der Waals surface area contributed by atoms with Gasteiger partial charge in [0.1, 0.15) is 5.82 Å². The maximum absolute atomic E-state index is 13.2. The highest BCUT2D eigenvalue weighted by molar-refractivity contribution is 7.19. The summed E-state index contributed by atoms with van der Waals surface area (Å²) in [6.45, 7) is 7.43. The van der Waals surface area contributed by atoms with Crippen LogP contribution in [0.3, 0.4) is 0 Å². The molecule has 0 aliphatic rings. The molecule has 2 aromatic rings. The summed E-state index contributed by atoms with van der Waals surface area (Å²) in [7, 11) is 0. The minimum atomic E-state index is -0.154. The van der Waals surface area contributed by atoms with Crippen LogP contribution in [0.15, 0.2) is 18.2 Å². The maximum atomic E-state index is 13.2. The average Bonchev–Trinajstić information content (AvgIpc) is 2.64. The molecule has 0 saturated heterocycles. The molecule has 0 bridgehead atoms. The van der Waals surface area contributed by atoms with E-state index in [4.69, 9.17) is 0 Å². The third-order valence-electron chi connectivity index (χ3n) is 3.03. The van der Waals surface area contributed by atoms with Gasteiger partial charge in [-0.15, -0.1) is 11.3 Å². The van der Waals surface area contributed by atoms with Crippen LogP contribution in [0.1, 0.15) is 36.8 Å². The van der Waals surface area contributed by atoms with Crippen LogP contribution in [0.25, 0.3) is 10.1 Å².